The van der Waals surface area contributed by atoms with Crippen LogP contribution in [-0.4, -0.2) is 40.8 Å². The predicted molar refractivity (Wildman–Crippen MR) is 114 cm³/mol. The number of ether oxygens (including phenoxy) is 1. The third-order valence-electron chi connectivity index (χ3n) is 4.04. The highest BCUT2D eigenvalue weighted by Gasteiger charge is 2.21. The number of fused-ring (bicyclic) bond motifs is 1. The Hall–Kier alpha value is -2.16. The number of aliphatic hydroxyl groups excluding tert-OH is 1. The first-order valence-corrected chi connectivity index (χ1v) is 10.9. The summed E-state index contributed by atoms with van der Waals surface area (Å²) < 4.78 is 5.18. The first-order chi connectivity index (χ1) is 13.6. The van der Waals surface area contributed by atoms with Gasteiger partial charge >= 0.3 is 5.97 Å². The third kappa shape index (κ3) is 4.81. The molecule has 0 aliphatic heterocycles. The van der Waals surface area contributed by atoms with Crippen molar-refractivity contribution < 1.29 is 14.6 Å². The highest BCUT2D eigenvalue weighted by Crippen LogP contribution is 2.35. The lowest BCUT2D eigenvalue weighted by Crippen LogP contribution is -2.08. The first-order valence-electron chi connectivity index (χ1n) is 9.13. The number of aryl methyl sites for hydroxylation is 1. The summed E-state index contributed by atoms with van der Waals surface area (Å²) in [5, 5.41) is 13.2. The highest BCUT2D eigenvalue weighted by atomic mass is 32.2. The second-order valence-electron chi connectivity index (χ2n) is 6.05. The van der Waals surface area contributed by atoms with Gasteiger partial charge in [0.15, 0.2) is 0 Å². The van der Waals surface area contributed by atoms with E-state index in [1.54, 1.807) is 18.7 Å². The van der Waals surface area contributed by atoms with Crippen molar-refractivity contribution in [2.45, 2.75) is 30.9 Å². The molecule has 28 heavy (non-hydrogen) atoms. The van der Waals surface area contributed by atoms with Crippen LogP contribution in [0.3, 0.4) is 0 Å². The summed E-state index contributed by atoms with van der Waals surface area (Å²) in [6.07, 6.45) is 0.619. The average molecular weight is 418 g/mol. The molecule has 0 atom stereocenters. The molecule has 0 saturated heterocycles. The van der Waals surface area contributed by atoms with Crippen LogP contribution in [0.5, 0.6) is 0 Å². The van der Waals surface area contributed by atoms with Gasteiger partial charge in [-0.15, -0.1) is 23.1 Å². The van der Waals surface area contributed by atoms with Gasteiger partial charge in [0.1, 0.15) is 21.3 Å². The van der Waals surface area contributed by atoms with Gasteiger partial charge in [-0.25, -0.2) is 14.8 Å². The van der Waals surface area contributed by atoms with Gasteiger partial charge in [0, 0.05) is 18.0 Å². The number of esters is 1. The molecule has 0 fully saturated rings. The van der Waals surface area contributed by atoms with Crippen LogP contribution in [0.15, 0.2) is 35.2 Å². The Labute approximate surface area is 172 Å². The van der Waals surface area contributed by atoms with Crippen molar-refractivity contribution in [2.75, 3.05) is 25.1 Å². The normalized spacial score (nSPS) is 11.0. The Kier molecular flexibility index (Phi) is 7.24. The molecule has 0 aliphatic carbocycles. The molecule has 2 N–H and O–H groups in total. The maximum atomic E-state index is 12.3. The number of thiophene rings is 1. The number of carbonyl (C=O) groups is 1. The van der Waals surface area contributed by atoms with E-state index in [1.807, 2.05) is 25.1 Å². The Morgan fingerprint density at radius 2 is 2.07 bits per heavy atom. The zero-order chi connectivity index (χ0) is 19.9. The predicted octanol–water partition coefficient (Wildman–Crippen LogP) is 4.26. The summed E-state index contributed by atoms with van der Waals surface area (Å²) >= 11 is 3.00. The molecule has 0 aliphatic rings. The van der Waals surface area contributed by atoms with E-state index in [0.29, 0.717) is 41.8 Å². The topological polar surface area (TPSA) is 84.3 Å². The molecule has 0 unspecified atom stereocenters. The lowest BCUT2D eigenvalue weighted by Gasteiger charge is -2.09. The molecular formula is C20H23N3O3S2. The fourth-order valence-electron chi connectivity index (χ4n) is 2.72. The lowest BCUT2D eigenvalue weighted by atomic mass is 10.2. The maximum Gasteiger partial charge on any atom is 0.348 e. The summed E-state index contributed by atoms with van der Waals surface area (Å²) in [6.45, 7) is 4.72. The van der Waals surface area contributed by atoms with Crippen molar-refractivity contribution in [1.29, 1.82) is 0 Å². The molecule has 6 nitrogen and oxygen atoms in total. The number of aliphatic hydroxyl groups is 1. The molecule has 0 bridgehead atoms. The van der Waals surface area contributed by atoms with Crippen LogP contribution >= 0.6 is 23.1 Å². The van der Waals surface area contributed by atoms with Crippen LogP contribution in [0.4, 0.5) is 5.82 Å². The fraction of sp³-hybridized carbons (Fsp3) is 0.350. The average Bonchev–Trinajstić information content (AvgIpc) is 3.04. The van der Waals surface area contributed by atoms with E-state index in [1.165, 1.54) is 11.3 Å². The molecule has 0 saturated carbocycles. The lowest BCUT2D eigenvalue weighted by molar-refractivity contribution is 0.0531. The van der Waals surface area contributed by atoms with E-state index in [0.717, 1.165) is 20.7 Å². The van der Waals surface area contributed by atoms with Crippen LogP contribution in [0.1, 0.15) is 34.4 Å². The van der Waals surface area contributed by atoms with Crippen molar-refractivity contribution in [3.63, 3.8) is 0 Å². The van der Waals surface area contributed by atoms with E-state index in [9.17, 15) is 4.79 Å². The number of aromatic nitrogens is 2. The number of carbonyl (C=O) groups excluding carboxylic acids is 1. The largest absolute Gasteiger partial charge is 0.462 e. The van der Waals surface area contributed by atoms with Crippen molar-refractivity contribution in [2.24, 2.45) is 0 Å². The van der Waals surface area contributed by atoms with E-state index >= 15 is 0 Å². The molecule has 2 aromatic heterocycles. The van der Waals surface area contributed by atoms with E-state index < -0.39 is 0 Å². The van der Waals surface area contributed by atoms with Crippen LogP contribution in [0, 0.1) is 6.92 Å². The van der Waals surface area contributed by atoms with Crippen molar-refractivity contribution in [3.8, 4) is 0 Å². The van der Waals surface area contributed by atoms with Crippen molar-refractivity contribution in [1.82, 2.24) is 9.97 Å². The van der Waals surface area contributed by atoms with E-state index in [-0.39, 0.29) is 12.6 Å². The standard InChI is InChI=1S/C20H23N3O3S2/c1-3-26-20(25)17-13(2)16-18(21-10-7-11-24)22-15(23-19(16)28-17)12-27-14-8-5-4-6-9-14/h4-6,8-9,24H,3,7,10-12H2,1-2H3,(H,21,22,23). The number of nitrogens with zero attached hydrogens (tertiary/aromatic N) is 2. The second kappa shape index (κ2) is 9.86. The fourth-order valence-corrected chi connectivity index (χ4v) is 4.59. The van der Waals surface area contributed by atoms with Gasteiger partial charge in [0.25, 0.3) is 0 Å². The smallest absolute Gasteiger partial charge is 0.348 e. The Morgan fingerprint density at radius 1 is 1.29 bits per heavy atom. The van der Waals surface area contributed by atoms with E-state index in [2.05, 4.69) is 17.4 Å². The second-order valence-corrected chi connectivity index (χ2v) is 8.10. The van der Waals surface area contributed by atoms with Gasteiger partial charge in [-0.1, -0.05) is 18.2 Å². The Bertz CT molecular complexity index is 945. The molecule has 0 amide bonds. The SMILES string of the molecule is CCOC(=O)c1sc2nc(CSc3ccccc3)nc(NCCCO)c2c1C. The molecule has 3 rings (SSSR count). The zero-order valence-electron chi connectivity index (χ0n) is 15.9. The molecule has 1 aromatic carbocycles. The number of anilines is 1. The van der Waals surface area contributed by atoms with Gasteiger partial charge in [0.05, 0.1) is 17.7 Å². The highest BCUT2D eigenvalue weighted by molar-refractivity contribution is 7.98. The molecule has 148 valence electrons. The number of rotatable bonds is 9. The molecule has 8 heteroatoms. The molecule has 0 spiro atoms. The Morgan fingerprint density at radius 3 is 2.79 bits per heavy atom. The minimum Gasteiger partial charge on any atom is -0.462 e. The zero-order valence-corrected chi connectivity index (χ0v) is 17.5. The Balaban J connectivity index is 1.94. The number of thioether (sulfide) groups is 1. The van der Waals surface area contributed by atoms with Gasteiger partial charge in [0.2, 0.25) is 0 Å². The summed E-state index contributed by atoms with van der Waals surface area (Å²) in [6, 6.07) is 10.1. The summed E-state index contributed by atoms with van der Waals surface area (Å²) in [4.78, 5) is 24.2. The van der Waals surface area contributed by atoms with Crippen molar-refractivity contribution >= 4 is 45.1 Å². The van der Waals surface area contributed by atoms with Gasteiger partial charge < -0.3 is 15.2 Å². The number of benzene rings is 1. The number of nitrogens with one attached hydrogen (secondary N) is 1. The monoisotopic (exact) mass is 417 g/mol. The molecule has 0 radical (unpaired) electrons. The van der Waals surface area contributed by atoms with Crippen molar-refractivity contribution in [3.05, 3.63) is 46.6 Å². The minimum atomic E-state index is -0.329. The summed E-state index contributed by atoms with van der Waals surface area (Å²) in [5.74, 6) is 1.70. The van der Waals surface area contributed by atoms with Gasteiger partial charge in [-0.2, -0.15) is 0 Å². The molecule has 2 heterocycles. The minimum absolute atomic E-state index is 0.106. The molecular weight excluding hydrogens is 394 g/mol. The third-order valence-corrected chi connectivity index (χ3v) is 6.21. The maximum absolute atomic E-state index is 12.3. The van der Waals surface area contributed by atoms with Crippen LogP contribution in [0.25, 0.3) is 10.2 Å². The summed E-state index contributed by atoms with van der Waals surface area (Å²) in [7, 11) is 0. The quantitative estimate of drug-likeness (QED) is 0.306. The van der Waals surface area contributed by atoms with Crippen LogP contribution in [0.2, 0.25) is 0 Å². The molecule has 3 aromatic rings. The summed E-state index contributed by atoms with van der Waals surface area (Å²) in [5.41, 5.74) is 0.826. The number of hydrogen-bond acceptors (Lipinski definition) is 8. The van der Waals surface area contributed by atoms with Gasteiger partial charge in [-0.3, -0.25) is 0 Å². The number of hydrogen-bond donors (Lipinski definition) is 2. The van der Waals surface area contributed by atoms with E-state index in [4.69, 9.17) is 19.8 Å². The van der Waals surface area contributed by atoms with Gasteiger partial charge in [-0.05, 0) is 38.0 Å². The first kappa shape index (κ1) is 20.6. The van der Waals surface area contributed by atoms with Crippen LogP contribution < -0.4 is 5.32 Å². The van der Waals surface area contributed by atoms with Crippen LogP contribution in [-0.2, 0) is 10.5 Å².